The normalized spacial score (nSPS) is 22.7. The van der Waals surface area contributed by atoms with E-state index in [-0.39, 0.29) is 6.10 Å². The number of aromatic nitrogens is 3. The van der Waals surface area contributed by atoms with Gasteiger partial charge in [-0.05, 0) is 44.7 Å². The number of nitrogens with one attached hydrogen (secondary N) is 1. The minimum absolute atomic E-state index is 0.113. The van der Waals surface area contributed by atoms with Crippen LogP contribution < -0.4 is 5.32 Å². The number of hydrogen-bond acceptors (Lipinski definition) is 4. The lowest BCUT2D eigenvalue weighted by Crippen LogP contribution is -2.28. The van der Waals surface area contributed by atoms with Crippen LogP contribution in [0.25, 0.3) is 5.82 Å². The standard InChI is InChI=1S/C15H20N4O/c1-11-16-8-9-19(11)15-7-4-13(10-17-15)18-12-2-5-14(20)6-3-12/h4,7-10,12,14,18,20H,2-3,5-6H2,1H3. The van der Waals surface area contributed by atoms with E-state index in [1.807, 2.05) is 36.0 Å². The van der Waals surface area contributed by atoms with Gasteiger partial charge in [0.2, 0.25) is 0 Å². The molecule has 0 aromatic carbocycles. The van der Waals surface area contributed by atoms with Crippen LogP contribution in [0.1, 0.15) is 31.5 Å². The summed E-state index contributed by atoms with van der Waals surface area (Å²) in [7, 11) is 0. The van der Waals surface area contributed by atoms with Crippen LogP contribution in [0.2, 0.25) is 0 Å². The summed E-state index contributed by atoms with van der Waals surface area (Å²) in [6.07, 6.45) is 9.24. The highest BCUT2D eigenvalue weighted by molar-refractivity contribution is 5.44. The molecule has 0 atom stereocenters. The van der Waals surface area contributed by atoms with Gasteiger partial charge in [0.05, 0.1) is 18.0 Å². The maximum Gasteiger partial charge on any atom is 0.138 e. The zero-order chi connectivity index (χ0) is 13.9. The summed E-state index contributed by atoms with van der Waals surface area (Å²) in [6.45, 7) is 1.96. The van der Waals surface area contributed by atoms with Gasteiger partial charge in [-0.25, -0.2) is 9.97 Å². The van der Waals surface area contributed by atoms with Crippen molar-refractivity contribution in [3.63, 3.8) is 0 Å². The lowest BCUT2D eigenvalue weighted by Gasteiger charge is -2.26. The first-order valence-electron chi connectivity index (χ1n) is 7.13. The van der Waals surface area contributed by atoms with Gasteiger partial charge in [-0.2, -0.15) is 0 Å². The molecule has 0 amide bonds. The van der Waals surface area contributed by atoms with Crippen molar-refractivity contribution in [1.29, 1.82) is 0 Å². The molecule has 3 rings (SSSR count). The maximum absolute atomic E-state index is 9.51. The summed E-state index contributed by atoms with van der Waals surface area (Å²) in [4.78, 5) is 8.67. The third kappa shape index (κ3) is 2.82. The summed E-state index contributed by atoms with van der Waals surface area (Å²) >= 11 is 0. The number of nitrogens with zero attached hydrogens (tertiary/aromatic N) is 3. The van der Waals surface area contributed by atoms with Gasteiger partial charge in [0.25, 0.3) is 0 Å². The van der Waals surface area contributed by atoms with Crippen molar-refractivity contribution >= 4 is 5.69 Å². The van der Waals surface area contributed by atoms with Crippen molar-refractivity contribution < 1.29 is 5.11 Å². The topological polar surface area (TPSA) is 63.0 Å². The Hall–Kier alpha value is -1.88. The number of anilines is 1. The van der Waals surface area contributed by atoms with E-state index in [0.717, 1.165) is 43.0 Å². The second kappa shape index (κ2) is 5.63. The number of imidazole rings is 1. The van der Waals surface area contributed by atoms with Crippen LogP contribution in [0.15, 0.2) is 30.7 Å². The average molecular weight is 272 g/mol. The molecular weight excluding hydrogens is 252 g/mol. The van der Waals surface area contributed by atoms with Gasteiger partial charge >= 0.3 is 0 Å². The Balaban J connectivity index is 1.66. The minimum Gasteiger partial charge on any atom is -0.393 e. The summed E-state index contributed by atoms with van der Waals surface area (Å²) in [5, 5.41) is 13.0. The van der Waals surface area contributed by atoms with Crippen molar-refractivity contribution in [3.05, 3.63) is 36.5 Å². The molecule has 2 N–H and O–H groups in total. The van der Waals surface area contributed by atoms with E-state index < -0.39 is 0 Å². The van der Waals surface area contributed by atoms with E-state index in [1.54, 1.807) is 6.20 Å². The van der Waals surface area contributed by atoms with Crippen LogP contribution in [0.4, 0.5) is 5.69 Å². The van der Waals surface area contributed by atoms with E-state index in [1.165, 1.54) is 0 Å². The average Bonchev–Trinajstić information content (AvgIpc) is 2.89. The van der Waals surface area contributed by atoms with Crippen molar-refractivity contribution in [3.8, 4) is 5.82 Å². The van der Waals surface area contributed by atoms with Crippen molar-refractivity contribution in [1.82, 2.24) is 14.5 Å². The van der Waals surface area contributed by atoms with Gasteiger partial charge in [-0.3, -0.25) is 4.57 Å². The SMILES string of the molecule is Cc1nccn1-c1ccc(NC2CCC(O)CC2)cn1. The Morgan fingerprint density at radius 3 is 2.60 bits per heavy atom. The second-order valence-corrected chi connectivity index (χ2v) is 5.40. The summed E-state index contributed by atoms with van der Waals surface area (Å²) < 4.78 is 1.96. The highest BCUT2D eigenvalue weighted by Gasteiger charge is 2.19. The molecule has 2 heterocycles. The fraction of sp³-hybridized carbons (Fsp3) is 0.467. The van der Waals surface area contributed by atoms with Crippen LogP contribution in [0, 0.1) is 6.92 Å². The van der Waals surface area contributed by atoms with Crippen LogP contribution in [-0.2, 0) is 0 Å². The van der Waals surface area contributed by atoms with Crippen LogP contribution in [-0.4, -0.2) is 31.8 Å². The molecule has 0 unspecified atom stereocenters. The molecule has 0 spiro atoms. The van der Waals surface area contributed by atoms with Crippen LogP contribution in [0.5, 0.6) is 0 Å². The molecule has 1 aliphatic carbocycles. The third-order valence-electron chi connectivity index (χ3n) is 3.89. The molecule has 0 radical (unpaired) electrons. The first-order valence-corrected chi connectivity index (χ1v) is 7.13. The first kappa shape index (κ1) is 13.1. The Morgan fingerprint density at radius 2 is 2.00 bits per heavy atom. The first-order chi connectivity index (χ1) is 9.72. The van der Waals surface area contributed by atoms with Gasteiger partial charge < -0.3 is 10.4 Å². The summed E-state index contributed by atoms with van der Waals surface area (Å²) in [6, 6.07) is 4.49. The Kier molecular flexibility index (Phi) is 3.69. The van der Waals surface area contributed by atoms with Crippen LogP contribution >= 0.6 is 0 Å². The van der Waals surface area contributed by atoms with Gasteiger partial charge in [0.15, 0.2) is 0 Å². The Bertz CT molecular complexity index is 556. The zero-order valence-electron chi connectivity index (χ0n) is 11.7. The number of hydrogen-bond donors (Lipinski definition) is 2. The summed E-state index contributed by atoms with van der Waals surface area (Å²) in [5.41, 5.74) is 1.04. The monoisotopic (exact) mass is 272 g/mol. The van der Waals surface area contributed by atoms with Gasteiger partial charge in [-0.1, -0.05) is 0 Å². The summed E-state index contributed by atoms with van der Waals surface area (Å²) in [5.74, 6) is 1.81. The van der Waals surface area contributed by atoms with Gasteiger partial charge in [0, 0.05) is 18.4 Å². The maximum atomic E-state index is 9.51. The molecule has 2 aromatic rings. The number of aliphatic hydroxyl groups excluding tert-OH is 1. The largest absolute Gasteiger partial charge is 0.393 e. The number of aliphatic hydroxyl groups is 1. The Morgan fingerprint density at radius 1 is 1.20 bits per heavy atom. The smallest absolute Gasteiger partial charge is 0.138 e. The zero-order valence-corrected chi connectivity index (χ0v) is 11.7. The molecule has 1 saturated carbocycles. The van der Waals surface area contributed by atoms with Crippen molar-refractivity contribution in [2.75, 3.05) is 5.32 Å². The molecule has 1 aliphatic rings. The molecule has 20 heavy (non-hydrogen) atoms. The molecule has 2 aromatic heterocycles. The quantitative estimate of drug-likeness (QED) is 0.900. The fourth-order valence-electron chi connectivity index (χ4n) is 2.69. The van der Waals surface area contributed by atoms with E-state index in [9.17, 15) is 5.11 Å². The van der Waals surface area contributed by atoms with Crippen molar-refractivity contribution in [2.45, 2.75) is 44.8 Å². The molecule has 1 fully saturated rings. The van der Waals surface area contributed by atoms with Crippen LogP contribution in [0.3, 0.4) is 0 Å². The highest BCUT2D eigenvalue weighted by Crippen LogP contribution is 2.22. The number of rotatable bonds is 3. The van der Waals surface area contributed by atoms with Gasteiger partial charge in [-0.15, -0.1) is 0 Å². The van der Waals surface area contributed by atoms with Crippen molar-refractivity contribution in [2.24, 2.45) is 0 Å². The third-order valence-corrected chi connectivity index (χ3v) is 3.89. The minimum atomic E-state index is -0.113. The predicted octanol–water partition coefficient (Wildman–Crippen LogP) is 2.29. The highest BCUT2D eigenvalue weighted by atomic mass is 16.3. The van der Waals surface area contributed by atoms with E-state index in [2.05, 4.69) is 15.3 Å². The van der Waals surface area contributed by atoms with E-state index in [0.29, 0.717) is 6.04 Å². The molecular formula is C15H20N4O. The number of pyridine rings is 1. The molecule has 0 aliphatic heterocycles. The number of aryl methyl sites for hydroxylation is 1. The predicted molar refractivity (Wildman–Crippen MR) is 78.0 cm³/mol. The molecule has 0 saturated heterocycles. The van der Waals surface area contributed by atoms with E-state index in [4.69, 9.17) is 0 Å². The van der Waals surface area contributed by atoms with Gasteiger partial charge in [0.1, 0.15) is 11.6 Å². The fourth-order valence-corrected chi connectivity index (χ4v) is 2.69. The molecule has 5 nitrogen and oxygen atoms in total. The lowest BCUT2D eigenvalue weighted by atomic mass is 9.93. The molecule has 5 heteroatoms. The second-order valence-electron chi connectivity index (χ2n) is 5.40. The lowest BCUT2D eigenvalue weighted by molar-refractivity contribution is 0.126. The molecule has 106 valence electrons. The Labute approximate surface area is 118 Å². The van der Waals surface area contributed by atoms with E-state index >= 15 is 0 Å². The molecule has 0 bridgehead atoms.